The Morgan fingerprint density at radius 1 is 1.14 bits per heavy atom. The van der Waals surface area contributed by atoms with Crippen molar-refractivity contribution >= 4 is 0 Å². The fourth-order valence-corrected chi connectivity index (χ4v) is 3.27. The summed E-state index contributed by atoms with van der Waals surface area (Å²) in [5.41, 5.74) is 1.82. The molecule has 1 unspecified atom stereocenters. The second-order valence-electron chi connectivity index (χ2n) is 6.45. The maximum Gasteiger partial charge on any atom is 0.416 e. The van der Waals surface area contributed by atoms with Gasteiger partial charge in [-0.2, -0.15) is 13.2 Å². The van der Waals surface area contributed by atoms with Gasteiger partial charge in [-0.3, -0.25) is 0 Å². The molecule has 116 valence electrons. The van der Waals surface area contributed by atoms with E-state index in [0.717, 1.165) is 42.5 Å². The second-order valence-corrected chi connectivity index (χ2v) is 6.45. The Hall–Kier alpha value is -1.29. The van der Waals surface area contributed by atoms with Gasteiger partial charge in [-0.05, 0) is 54.9 Å². The molecule has 1 aromatic carbocycles. The van der Waals surface area contributed by atoms with E-state index in [1.807, 2.05) is 6.92 Å². The minimum atomic E-state index is -4.34. The lowest BCUT2D eigenvalue weighted by atomic mass is 9.69. The second kappa shape index (κ2) is 5.48. The van der Waals surface area contributed by atoms with Gasteiger partial charge < -0.3 is 5.11 Å². The van der Waals surface area contributed by atoms with Gasteiger partial charge in [0.1, 0.15) is 6.10 Å². The molecule has 0 bridgehead atoms. The first-order valence-electron chi connectivity index (χ1n) is 7.18. The van der Waals surface area contributed by atoms with E-state index in [-0.39, 0.29) is 5.41 Å². The zero-order valence-corrected chi connectivity index (χ0v) is 12.6. The largest absolute Gasteiger partial charge is 0.416 e. The number of rotatable bonds is 2. The maximum atomic E-state index is 12.6. The average molecular weight is 298 g/mol. The van der Waals surface area contributed by atoms with Crippen molar-refractivity contribution in [2.24, 2.45) is 5.41 Å². The van der Waals surface area contributed by atoms with E-state index in [4.69, 9.17) is 0 Å². The summed E-state index contributed by atoms with van der Waals surface area (Å²) in [6.07, 6.45) is -2.17. The molecule has 0 aromatic heterocycles. The molecule has 4 heteroatoms. The van der Waals surface area contributed by atoms with Gasteiger partial charge in [0.25, 0.3) is 0 Å². The maximum absolute atomic E-state index is 12.6. The van der Waals surface area contributed by atoms with Gasteiger partial charge >= 0.3 is 6.18 Å². The van der Waals surface area contributed by atoms with Crippen molar-refractivity contribution in [1.29, 1.82) is 0 Å². The van der Waals surface area contributed by atoms with E-state index in [9.17, 15) is 18.3 Å². The van der Waals surface area contributed by atoms with Crippen molar-refractivity contribution in [1.82, 2.24) is 0 Å². The van der Waals surface area contributed by atoms with E-state index in [1.165, 1.54) is 12.1 Å². The highest BCUT2D eigenvalue weighted by molar-refractivity contribution is 5.35. The Morgan fingerprint density at radius 3 is 2.19 bits per heavy atom. The Kier molecular flexibility index (Phi) is 4.20. The summed E-state index contributed by atoms with van der Waals surface area (Å²) in [5, 5.41) is 10.6. The number of aliphatic hydroxyl groups excluding tert-OH is 1. The molecular weight excluding hydrogens is 277 g/mol. The van der Waals surface area contributed by atoms with E-state index < -0.39 is 17.8 Å². The smallest absolute Gasteiger partial charge is 0.384 e. The molecule has 1 aliphatic rings. The van der Waals surface area contributed by atoms with Crippen molar-refractivity contribution < 1.29 is 18.3 Å². The third-order valence-electron chi connectivity index (χ3n) is 4.37. The highest BCUT2D eigenvalue weighted by Gasteiger charge is 2.34. The summed E-state index contributed by atoms with van der Waals surface area (Å²) >= 11 is 0. The molecule has 0 saturated heterocycles. The van der Waals surface area contributed by atoms with E-state index >= 15 is 0 Å². The molecule has 1 aliphatic carbocycles. The van der Waals surface area contributed by atoms with Gasteiger partial charge in [-0.25, -0.2) is 0 Å². The number of allylic oxidation sites excluding steroid dienone is 1. The van der Waals surface area contributed by atoms with Gasteiger partial charge in [0.05, 0.1) is 5.56 Å². The molecular formula is C17H21F3O. The summed E-state index contributed by atoms with van der Waals surface area (Å²) < 4.78 is 37.8. The molecule has 1 aromatic rings. The lowest BCUT2D eigenvalue weighted by Crippen LogP contribution is -2.25. The van der Waals surface area contributed by atoms with E-state index in [0.29, 0.717) is 5.56 Å². The number of halogens is 3. The normalized spacial score (nSPS) is 20.5. The van der Waals surface area contributed by atoms with Crippen molar-refractivity contribution in [2.45, 2.75) is 52.3 Å². The zero-order chi connectivity index (χ0) is 15.8. The minimum absolute atomic E-state index is 0.121. The first-order valence-corrected chi connectivity index (χ1v) is 7.18. The van der Waals surface area contributed by atoms with Gasteiger partial charge in [-0.15, -0.1) is 0 Å². The first kappa shape index (κ1) is 16.1. The highest BCUT2D eigenvalue weighted by Crippen LogP contribution is 2.46. The number of alkyl halides is 3. The third-order valence-corrected chi connectivity index (χ3v) is 4.37. The van der Waals surface area contributed by atoms with Crippen LogP contribution in [0.3, 0.4) is 0 Å². The van der Waals surface area contributed by atoms with Crippen LogP contribution in [0.15, 0.2) is 35.4 Å². The number of hydrogen-bond acceptors (Lipinski definition) is 1. The van der Waals surface area contributed by atoms with Crippen LogP contribution in [-0.2, 0) is 6.18 Å². The first-order chi connectivity index (χ1) is 9.63. The van der Waals surface area contributed by atoms with Crippen LogP contribution in [0.2, 0.25) is 0 Å². The van der Waals surface area contributed by atoms with Crippen LogP contribution in [0.1, 0.15) is 57.3 Å². The summed E-state index contributed by atoms with van der Waals surface area (Å²) in [5.74, 6) is 0. The molecule has 0 fully saturated rings. The molecule has 0 spiro atoms. The summed E-state index contributed by atoms with van der Waals surface area (Å²) in [6.45, 7) is 6.17. The van der Waals surface area contributed by atoms with E-state index in [2.05, 4.69) is 13.8 Å². The van der Waals surface area contributed by atoms with Crippen molar-refractivity contribution in [3.8, 4) is 0 Å². The Bertz CT molecular complexity index is 538. The van der Waals surface area contributed by atoms with Crippen LogP contribution < -0.4 is 0 Å². The Morgan fingerprint density at radius 2 is 1.71 bits per heavy atom. The SMILES string of the molecule is CC1=C(C(O)c2ccc(C(F)(F)F)cc2)C(C)(C)CCC1. The average Bonchev–Trinajstić information content (AvgIpc) is 2.36. The van der Waals surface area contributed by atoms with Crippen LogP contribution in [0.4, 0.5) is 13.2 Å². The number of aliphatic hydroxyl groups is 1. The highest BCUT2D eigenvalue weighted by atomic mass is 19.4. The molecule has 0 radical (unpaired) electrons. The van der Waals surface area contributed by atoms with Crippen LogP contribution in [0.5, 0.6) is 0 Å². The van der Waals surface area contributed by atoms with Crippen LogP contribution in [0, 0.1) is 5.41 Å². The molecule has 0 saturated carbocycles. The molecule has 1 atom stereocenters. The van der Waals surface area contributed by atoms with Crippen LogP contribution >= 0.6 is 0 Å². The quantitative estimate of drug-likeness (QED) is 0.738. The summed E-state index contributed by atoms with van der Waals surface area (Å²) in [7, 11) is 0. The van der Waals surface area contributed by atoms with Crippen molar-refractivity contribution in [2.75, 3.05) is 0 Å². The molecule has 0 aliphatic heterocycles. The molecule has 0 amide bonds. The van der Waals surface area contributed by atoms with Crippen LogP contribution in [-0.4, -0.2) is 5.11 Å². The summed E-state index contributed by atoms with van der Waals surface area (Å²) in [6, 6.07) is 4.81. The van der Waals surface area contributed by atoms with E-state index in [1.54, 1.807) is 0 Å². The molecule has 21 heavy (non-hydrogen) atoms. The van der Waals surface area contributed by atoms with Gasteiger partial charge in [0, 0.05) is 0 Å². The molecule has 1 N–H and O–H groups in total. The third kappa shape index (κ3) is 3.31. The Balaban J connectivity index is 2.34. The van der Waals surface area contributed by atoms with Gasteiger partial charge in [0.15, 0.2) is 0 Å². The van der Waals surface area contributed by atoms with Crippen molar-refractivity contribution in [3.05, 3.63) is 46.5 Å². The zero-order valence-electron chi connectivity index (χ0n) is 12.6. The van der Waals surface area contributed by atoms with Crippen molar-refractivity contribution in [3.63, 3.8) is 0 Å². The molecule has 2 rings (SSSR count). The lowest BCUT2D eigenvalue weighted by Gasteiger charge is -2.37. The van der Waals surface area contributed by atoms with Gasteiger partial charge in [-0.1, -0.05) is 31.6 Å². The standard InChI is InChI=1S/C17H21F3O/c1-11-5-4-10-16(2,3)14(11)15(21)12-6-8-13(9-7-12)17(18,19)20/h6-9,15,21H,4-5,10H2,1-3H3. The number of benzene rings is 1. The topological polar surface area (TPSA) is 20.2 Å². The Labute approximate surface area is 123 Å². The lowest BCUT2D eigenvalue weighted by molar-refractivity contribution is -0.137. The fourth-order valence-electron chi connectivity index (χ4n) is 3.27. The number of hydrogen-bond donors (Lipinski definition) is 1. The fraction of sp³-hybridized carbons (Fsp3) is 0.529. The predicted molar refractivity (Wildman–Crippen MR) is 76.7 cm³/mol. The van der Waals surface area contributed by atoms with Crippen LogP contribution in [0.25, 0.3) is 0 Å². The predicted octanol–water partition coefficient (Wildman–Crippen LogP) is 5.27. The summed E-state index contributed by atoms with van der Waals surface area (Å²) in [4.78, 5) is 0. The monoisotopic (exact) mass is 298 g/mol. The van der Waals surface area contributed by atoms with Gasteiger partial charge in [0.2, 0.25) is 0 Å². The molecule has 1 nitrogen and oxygen atoms in total. The molecule has 0 heterocycles. The minimum Gasteiger partial charge on any atom is -0.384 e.